The normalized spacial score (nSPS) is 10.3. The minimum absolute atomic E-state index is 0.262. The molecule has 0 aliphatic carbocycles. The minimum Gasteiger partial charge on any atom is -0.497 e. The van der Waals surface area contributed by atoms with Crippen molar-refractivity contribution in [2.24, 2.45) is 0 Å². The second-order valence-corrected chi connectivity index (χ2v) is 6.35. The molecule has 0 atom stereocenters. The van der Waals surface area contributed by atoms with Crippen LogP contribution in [0.4, 0.5) is 11.4 Å². The smallest absolute Gasteiger partial charge is 0.274 e. The maximum absolute atomic E-state index is 12.2. The molecule has 3 aromatic rings. The van der Waals surface area contributed by atoms with E-state index in [1.807, 2.05) is 30.3 Å². The van der Waals surface area contributed by atoms with Crippen molar-refractivity contribution in [1.82, 2.24) is 4.98 Å². The Morgan fingerprint density at radius 2 is 1.70 bits per heavy atom. The van der Waals surface area contributed by atoms with Crippen molar-refractivity contribution in [1.29, 1.82) is 0 Å². The van der Waals surface area contributed by atoms with E-state index in [4.69, 9.17) is 16.3 Å². The summed E-state index contributed by atoms with van der Waals surface area (Å²) in [7, 11) is 1.66. The topological polar surface area (TPSA) is 63.2 Å². The fourth-order valence-electron chi connectivity index (χ4n) is 2.50. The fraction of sp³-hybridized carbons (Fsp3) is 0.143. The summed E-state index contributed by atoms with van der Waals surface area (Å²) < 4.78 is 5.15. The highest BCUT2D eigenvalue weighted by Gasteiger charge is 2.07. The van der Waals surface area contributed by atoms with Gasteiger partial charge in [-0.25, -0.2) is 4.98 Å². The van der Waals surface area contributed by atoms with Crippen LogP contribution in [0.3, 0.4) is 0 Å². The maximum atomic E-state index is 12.2. The standard InChI is InChI=1S/C21H20ClN3O2/c1-27-19-9-2-15(3-10-19)12-13-23-18-8-11-20(24-14-18)21(26)25-17-6-4-16(22)5-7-17/h2-11,14,23H,12-13H2,1H3,(H,25,26). The highest BCUT2D eigenvalue weighted by molar-refractivity contribution is 6.30. The molecule has 1 heterocycles. The van der Waals surface area contributed by atoms with Gasteiger partial charge in [-0.05, 0) is 60.5 Å². The molecular weight excluding hydrogens is 362 g/mol. The molecule has 138 valence electrons. The largest absolute Gasteiger partial charge is 0.497 e. The molecule has 0 bridgehead atoms. The van der Waals surface area contributed by atoms with Crippen molar-refractivity contribution in [3.05, 3.63) is 83.1 Å². The number of amides is 1. The Bertz CT molecular complexity index is 879. The van der Waals surface area contributed by atoms with E-state index in [0.29, 0.717) is 16.4 Å². The summed E-state index contributed by atoms with van der Waals surface area (Å²) in [6, 6.07) is 18.5. The number of pyridine rings is 1. The van der Waals surface area contributed by atoms with Gasteiger partial charge in [0.05, 0.1) is 19.0 Å². The van der Waals surface area contributed by atoms with Crippen LogP contribution in [0, 0.1) is 0 Å². The summed E-state index contributed by atoms with van der Waals surface area (Å²) in [6.45, 7) is 0.768. The molecule has 0 saturated heterocycles. The van der Waals surface area contributed by atoms with Gasteiger partial charge < -0.3 is 15.4 Å². The first-order chi connectivity index (χ1) is 13.1. The zero-order chi connectivity index (χ0) is 19.1. The van der Waals surface area contributed by atoms with Gasteiger partial charge in [0.1, 0.15) is 11.4 Å². The molecule has 0 saturated carbocycles. The third-order valence-electron chi connectivity index (χ3n) is 4.00. The second kappa shape index (κ2) is 9.05. The number of carbonyl (C=O) groups excluding carboxylic acids is 1. The van der Waals surface area contributed by atoms with Gasteiger partial charge in [-0.15, -0.1) is 0 Å². The van der Waals surface area contributed by atoms with E-state index in [0.717, 1.165) is 24.4 Å². The number of ether oxygens (including phenoxy) is 1. The van der Waals surface area contributed by atoms with Crippen molar-refractivity contribution < 1.29 is 9.53 Å². The van der Waals surface area contributed by atoms with Crippen LogP contribution in [0.15, 0.2) is 66.9 Å². The van der Waals surface area contributed by atoms with Crippen LogP contribution in [0.5, 0.6) is 5.75 Å². The van der Waals surface area contributed by atoms with Crippen LogP contribution in [0.2, 0.25) is 5.02 Å². The number of methoxy groups -OCH3 is 1. The average Bonchev–Trinajstić information content (AvgIpc) is 2.71. The molecule has 0 aliphatic heterocycles. The summed E-state index contributed by atoms with van der Waals surface area (Å²) in [5, 5.41) is 6.71. The summed E-state index contributed by atoms with van der Waals surface area (Å²) in [4.78, 5) is 16.4. The number of anilines is 2. The molecule has 6 heteroatoms. The first kappa shape index (κ1) is 18.7. The highest BCUT2D eigenvalue weighted by Crippen LogP contribution is 2.15. The van der Waals surface area contributed by atoms with Gasteiger partial charge in [-0.2, -0.15) is 0 Å². The lowest BCUT2D eigenvalue weighted by Crippen LogP contribution is -2.14. The summed E-state index contributed by atoms with van der Waals surface area (Å²) in [5.41, 5.74) is 3.11. The molecule has 0 radical (unpaired) electrons. The molecule has 0 unspecified atom stereocenters. The quantitative estimate of drug-likeness (QED) is 0.625. The Morgan fingerprint density at radius 1 is 1.00 bits per heavy atom. The van der Waals surface area contributed by atoms with E-state index in [1.54, 1.807) is 43.6 Å². The molecule has 0 spiro atoms. The van der Waals surface area contributed by atoms with E-state index < -0.39 is 0 Å². The number of halogens is 1. The number of aromatic nitrogens is 1. The highest BCUT2D eigenvalue weighted by atomic mass is 35.5. The van der Waals surface area contributed by atoms with Crippen LogP contribution >= 0.6 is 11.6 Å². The average molecular weight is 382 g/mol. The first-order valence-corrected chi connectivity index (χ1v) is 8.91. The zero-order valence-corrected chi connectivity index (χ0v) is 15.7. The Kier molecular flexibility index (Phi) is 6.28. The Labute approximate surface area is 163 Å². The van der Waals surface area contributed by atoms with Crippen molar-refractivity contribution in [3.63, 3.8) is 0 Å². The molecule has 1 amide bonds. The Hall–Kier alpha value is -3.05. The fourth-order valence-corrected chi connectivity index (χ4v) is 2.63. The molecule has 0 fully saturated rings. The van der Waals surface area contributed by atoms with Crippen LogP contribution in [0.1, 0.15) is 16.1 Å². The minimum atomic E-state index is -0.262. The number of rotatable bonds is 7. The number of nitrogens with one attached hydrogen (secondary N) is 2. The first-order valence-electron chi connectivity index (χ1n) is 8.54. The van der Waals surface area contributed by atoms with Crippen molar-refractivity contribution >= 4 is 28.9 Å². The zero-order valence-electron chi connectivity index (χ0n) is 14.9. The maximum Gasteiger partial charge on any atom is 0.274 e. The summed E-state index contributed by atoms with van der Waals surface area (Å²) in [5.74, 6) is 0.588. The predicted molar refractivity (Wildman–Crippen MR) is 109 cm³/mol. The van der Waals surface area contributed by atoms with Crippen molar-refractivity contribution in [2.45, 2.75) is 6.42 Å². The number of nitrogens with zero attached hydrogens (tertiary/aromatic N) is 1. The Balaban J connectivity index is 1.50. The molecule has 0 aliphatic rings. The molecule has 3 rings (SSSR count). The monoisotopic (exact) mass is 381 g/mol. The number of hydrogen-bond acceptors (Lipinski definition) is 4. The van der Waals surface area contributed by atoms with E-state index in [2.05, 4.69) is 15.6 Å². The van der Waals surface area contributed by atoms with E-state index in [-0.39, 0.29) is 5.91 Å². The molecular formula is C21H20ClN3O2. The second-order valence-electron chi connectivity index (χ2n) is 5.92. The van der Waals surface area contributed by atoms with E-state index in [1.165, 1.54) is 5.56 Å². The third-order valence-corrected chi connectivity index (χ3v) is 4.25. The molecule has 2 aromatic carbocycles. The van der Waals surface area contributed by atoms with Gasteiger partial charge in [-0.3, -0.25) is 4.79 Å². The van der Waals surface area contributed by atoms with Crippen molar-refractivity contribution in [3.8, 4) is 5.75 Å². The lowest BCUT2D eigenvalue weighted by Gasteiger charge is -2.08. The number of carbonyl (C=O) groups is 1. The Morgan fingerprint density at radius 3 is 2.33 bits per heavy atom. The lowest BCUT2D eigenvalue weighted by atomic mass is 10.1. The van der Waals surface area contributed by atoms with Gasteiger partial charge >= 0.3 is 0 Å². The number of benzene rings is 2. The van der Waals surface area contributed by atoms with E-state index in [9.17, 15) is 4.79 Å². The van der Waals surface area contributed by atoms with Gasteiger partial charge in [-0.1, -0.05) is 23.7 Å². The molecule has 27 heavy (non-hydrogen) atoms. The van der Waals surface area contributed by atoms with E-state index >= 15 is 0 Å². The SMILES string of the molecule is COc1ccc(CCNc2ccc(C(=O)Nc3ccc(Cl)cc3)nc2)cc1. The van der Waals surface area contributed by atoms with Gasteiger partial charge in [0.15, 0.2) is 0 Å². The van der Waals surface area contributed by atoms with Gasteiger partial charge in [0.25, 0.3) is 5.91 Å². The van der Waals surface area contributed by atoms with Crippen LogP contribution in [-0.4, -0.2) is 24.5 Å². The lowest BCUT2D eigenvalue weighted by molar-refractivity contribution is 0.102. The molecule has 2 N–H and O–H groups in total. The summed E-state index contributed by atoms with van der Waals surface area (Å²) in [6.07, 6.45) is 2.54. The number of hydrogen-bond donors (Lipinski definition) is 2. The van der Waals surface area contributed by atoms with Gasteiger partial charge in [0, 0.05) is 17.3 Å². The van der Waals surface area contributed by atoms with Crippen LogP contribution < -0.4 is 15.4 Å². The predicted octanol–water partition coefficient (Wildman–Crippen LogP) is 4.65. The molecule has 1 aromatic heterocycles. The van der Waals surface area contributed by atoms with Crippen molar-refractivity contribution in [2.75, 3.05) is 24.3 Å². The van der Waals surface area contributed by atoms with Crippen LogP contribution in [0.25, 0.3) is 0 Å². The van der Waals surface area contributed by atoms with Gasteiger partial charge in [0.2, 0.25) is 0 Å². The summed E-state index contributed by atoms with van der Waals surface area (Å²) >= 11 is 5.84. The molecule has 5 nitrogen and oxygen atoms in total. The van der Waals surface area contributed by atoms with Crippen LogP contribution in [-0.2, 0) is 6.42 Å². The third kappa shape index (κ3) is 5.46.